The maximum absolute atomic E-state index is 4.45. The molecule has 0 aliphatic heterocycles. The Balaban J connectivity index is 1.87. The van der Waals surface area contributed by atoms with Crippen LogP contribution < -0.4 is 5.43 Å². The molecule has 1 atom stereocenters. The number of aromatic nitrogens is 2. The molecule has 0 aromatic carbocycles. The molecule has 0 saturated heterocycles. The topological polar surface area (TPSA) is 29.9 Å². The first-order chi connectivity index (χ1) is 8.33. The zero-order valence-corrected chi connectivity index (χ0v) is 10.3. The van der Waals surface area contributed by atoms with Crippen molar-refractivity contribution in [3.63, 3.8) is 0 Å². The summed E-state index contributed by atoms with van der Waals surface area (Å²) in [6.07, 6.45) is 5.93. The molecule has 3 aromatic heterocycles. The number of nitrogens with one attached hydrogen (secondary N) is 1. The van der Waals surface area contributed by atoms with Gasteiger partial charge in [-0.1, -0.05) is 0 Å². The van der Waals surface area contributed by atoms with E-state index >= 15 is 0 Å². The Hall–Kier alpha value is -1.81. The van der Waals surface area contributed by atoms with Crippen molar-refractivity contribution in [2.75, 3.05) is 5.43 Å². The number of nitrogens with zero attached hydrogens (tertiary/aromatic N) is 2. The van der Waals surface area contributed by atoms with Crippen molar-refractivity contribution in [1.29, 1.82) is 0 Å². The van der Waals surface area contributed by atoms with E-state index in [1.807, 2.05) is 41.5 Å². The molecule has 0 amide bonds. The van der Waals surface area contributed by atoms with Crippen molar-refractivity contribution in [1.82, 2.24) is 9.66 Å². The largest absolute Gasteiger partial charge is 0.319 e. The quantitative estimate of drug-likeness (QED) is 0.764. The molecule has 0 saturated carbocycles. The highest BCUT2D eigenvalue weighted by Crippen LogP contribution is 2.22. The van der Waals surface area contributed by atoms with Crippen molar-refractivity contribution in [2.24, 2.45) is 0 Å². The van der Waals surface area contributed by atoms with E-state index < -0.39 is 0 Å². The second kappa shape index (κ2) is 4.22. The van der Waals surface area contributed by atoms with Gasteiger partial charge < -0.3 is 5.43 Å². The molecule has 17 heavy (non-hydrogen) atoms. The standard InChI is InChI=1S/C13H13N3S/c1-10(15-16-5-2-3-6-16)11-8-13-12(14-9-11)4-7-17-13/h2-10,15H,1H3. The van der Waals surface area contributed by atoms with Gasteiger partial charge in [0, 0.05) is 18.6 Å². The Morgan fingerprint density at radius 1 is 1.35 bits per heavy atom. The molecule has 0 radical (unpaired) electrons. The molecule has 0 aliphatic rings. The third kappa shape index (κ3) is 2.03. The van der Waals surface area contributed by atoms with E-state index in [9.17, 15) is 0 Å². The van der Waals surface area contributed by atoms with Gasteiger partial charge in [0.05, 0.1) is 16.3 Å². The summed E-state index contributed by atoms with van der Waals surface area (Å²) in [5.74, 6) is 0. The van der Waals surface area contributed by atoms with E-state index in [0.717, 1.165) is 5.52 Å². The molecular formula is C13H13N3S. The van der Waals surface area contributed by atoms with E-state index in [1.54, 1.807) is 11.3 Å². The second-order valence-electron chi connectivity index (χ2n) is 4.01. The zero-order chi connectivity index (χ0) is 11.7. The fraction of sp³-hybridized carbons (Fsp3) is 0.154. The minimum Gasteiger partial charge on any atom is -0.319 e. The summed E-state index contributed by atoms with van der Waals surface area (Å²) in [7, 11) is 0. The summed E-state index contributed by atoms with van der Waals surface area (Å²) in [5, 5.41) is 2.07. The van der Waals surface area contributed by atoms with Gasteiger partial charge in [0.25, 0.3) is 0 Å². The average Bonchev–Trinajstić information content (AvgIpc) is 2.97. The van der Waals surface area contributed by atoms with Crippen molar-refractivity contribution < 1.29 is 0 Å². The molecule has 3 heterocycles. The maximum atomic E-state index is 4.45. The lowest BCUT2D eigenvalue weighted by Gasteiger charge is -2.16. The van der Waals surface area contributed by atoms with Gasteiger partial charge >= 0.3 is 0 Å². The smallest absolute Gasteiger partial charge is 0.0809 e. The molecule has 0 aliphatic carbocycles. The van der Waals surface area contributed by atoms with Gasteiger partial charge in [-0.25, -0.2) is 0 Å². The van der Waals surface area contributed by atoms with E-state index in [-0.39, 0.29) is 6.04 Å². The van der Waals surface area contributed by atoms with Gasteiger partial charge in [-0.3, -0.25) is 9.66 Å². The monoisotopic (exact) mass is 243 g/mol. The highest BCUT2D eigenvalue weighted by atomic mass is 32.1. The number of rotatable bonds is 3. The number of hydrogen-bond donors (Lipinski definition) is 1. The Morgan fingerprint density at radius 3 is 3.00 bits per heavy atom. The van der Waals surface area contributed by atoms with Gasteiger partial charge in [0.1, 0.15) is 0 Å². The molecule has 3 nitrogen and oxygen atoms in total. The highest BCUT2D eigenvalue weighted by molar-refractivity contribution is 7.17. The fourth-order valence-electron chi connectivity index (χ4n) is 1.82. The van der Waals surface area contributed by atoms with Crippen LogP contribution in [0.15, 0.2) is 48.2 Å². The number of hydrogen-bond acceptors (Lipinski definition) is 3. The van der Waals surface area contributed by atoms with Gasteiger partial charge in [-0.15, -0.1) is 11.3 Å². The Bertz CT molecular complexity index is 612. The average molecular weight is 243 g/mol. The summed E-state index contributed by atoms with van der Waals surface area (Å²) < 4.78 is 3.20. The molecule has 0 spiro atoms. The third-order valence-corrected chi connectivity index (χ3v) is 3.62. The molecule has 4 heteroatoms. The van der Waals surface area contributed by atoms with Gasteiger partial charge in [0.2, 0.25) is 0 Å². The lowest BCUT2D eigenvalue weighted by atomic mass is 10.1. The first kappa shape index (κ1) is 10.4. The normalized spacial score (nSPS) is 12.8. The van der Waals surface area contributed by atoms with Crippen LogP contribution in [0.4, 0.5) is 0 Å². The fourth-order valence-corrected chi connectivity index (χ4v) is 2.61. The number of thiophene rings is 1. The van der Waals surface area contributed by atoms with E-state index in [0.29, 0.717) is 0 Å². The van der Waals surface area contributed by atoms with Crippen molar-refractivity contribution in [3.05, 3.63) is 53.8 Å². The van der Waals surface area contributed by atoms with Crippen LogP contribution >= 0.6 is 11.3 Å². The number of fused-ring (bicyclic) bond motifs is 1. The van der Waals surface area contributed by atoms with Crippen molar-refractivity contribution in [3.8, 4) is 0 Å². The van der Waals surface area contributed by atoms with Crippen LogP contribution in [0.1, 0.15) is 18.5 Å². The molecule has 3 aromatic rings. The van der Waals surface area contributed by atoms with Crippen LogP contribution in [0.2, 0.25) is 0 Å². The molecule has 1 unspecified atom stereocenters. The zero-order valence-electron chi connectivity index (χ0n) is 9.50. The van der Waals surface area contributed by atoms with Crippen LogP contribution in [-0.2, 0) is 0 Å². The molecule has 86 valence electrons. The summed E-state index contributed by atoms with van der Waals surface area (Å²) in [5.41, 5.74) is 5.65. The van der Waals surface area contributed by atoms with Gasteiger partial charge in [-0.05, 0) is 42.1 Å². The molecule has 0 bridgehead atoms. The van der Waals surface area contributed by atoms with Crippen molar-refractivity contribution >= 4 is 21.6 Å². The molecule has 0 fully saturated rings. The first-order valence-corrected chi connectivity index (χ1v) is 6.43. The summed E-state index contributed by atoms with van der Waals surface area (Å²) in [6, 6.07) is 8.49. The SMILES string of the molecule is CC(Nn1cccc1)c1cnc2ccsc2c1. The lowest BCUT2D eigenvalue weighted by molar-refractivity contribution is 0.727. The predicted octanol–water partition coefficient (Wildman–Crippen LogP) is 3.40. The maximum Gasteiger partial charge on any atom is 0.0809 e. The Kier molecular flexibility index (Phi) is 2.57. The van der Waals surface area contributed by atoms with E-state index in [4.69, 9.17) is 0 Å². The Morgan fingerprint density at radius 2 is 2.18 bits per heavy atom. The van der Waals surface area contributed by atoms with Crippen LogP contribution in [0.5, 0.6) is 0 Å². The Labute approximate surface area is 104 Å². The van der Waals surface area contributed by atoms with Crippen LogP contribution in [0, 0.1) is 0 Å². The molecule has 1 N–H and O–H groups in total. The van der Waals surface area contributed by atoms with Gasteiger partial charge in [-0.2, -0.15) is 0 Å². The summed E-state index contributed by atoms with van der Waals surface area (Å²) >= 11 is 1.73. The molecular weight excluding hydrogens is 230 g/mol. The minimum atomic E-state index is 0.237. The van der Waals surface area contributed by atoms with E-state index in [1.165, 1.54) is 10.3 Å². The van der Waals surface area contributed by atoms with Crippen LogP contribution in [0.25, 0.3) is 10.2 Å². The second-order valence-corrected chi connectivity index (χ2v) is 4.96. The van der Waals surface area contributed by atoms with Crippen molar-refractivity contribution in [2.45, 2.75) is 13.0 Å². The third-order valence-electron chi connectivity index (χ3n) is 2.77. The highest BCUT2D eigenvalue weighted by Gasteiger charge is 2.06. The number of pyridine rings is 1. The first-order valence-electron chi connectivity index (χ1n) is 5.55. The van der Waals surface area contributed by atoms with Gasteiger partial charge in [0.15, 0.2) is 0 Å². The predicted molar refractivity (Wildman–Crippen MR) is 71.8 cm³/mol. The lowest BCUT2D eigenvalue weighted by Crippen LogP contribution is -2.16. The summed E-state index contributed by atoms with van der Waals surface area (Å²) in [4.78, 5) is 4.45. The van der Waals surface area contributed by atoms with E-state index in [2.05, 4.69) is 28.8 Å². The minimum absolute atomic E-state index is 0.237. The molecule has 3 rings (SSSR count). The van der Waals surface area contributed by atoms with Crippen LogP contribution in [0.3, 0.4) is 0 Å². The van der Waals surface area contributed by atoms with Crippen LogP contribution in [-0.4, -0.2) is 9.66 Å². The summed E-state index contributed by atoms with van der Waals surface area (Å²) in [6.45, 7) is 2.14.